The maximum atomic E-state index is 13.3. The van der Waals surface area contributed by atoms with E-state index >= 15 is 0 Å². The number of carbonyl (C=O) groups excluding carboxylic acids is 2. The number of hydrogen-bond acceptors (Lipinski definition) is 3. The van der Waals surface area contributed by atoms with Gasteiger partial charge in [0.05, 0.1) is 0 Å². The summed E-state index contributed by atoms with van der Waals surface area (Å²) in [5, 5.41) is 10.9. The Hall–Kier alpha value is 0.140. The molecular formula is C24H37NaO3. The standard InChI is InChI=1S/C24H38O3.Na/c1-15(7-10-21(26)27)17-8-9-18-22-19(11-13-24(17,18)3)23(2)12-5-4-6-16(23)14-20(22)25;/h15-19,22H,4-14H2,1-3H3,(H,26,27);/q;+1/p-1/t15-,16?,17-,18+,19+,22+,23+,24-;/m1./s1. The SMILES string of the molecule is C[C@H](CCC(=O)[O-])[C@H]1CC[C@H]2[C@@H]3C(=O)CC4CCCC[C@]4(C)[C@H]3CC[C@]12C.[Na+]. The van der Waals surface area contributed by atoms with Crippen molar-refractivity contribution >= 4 is 11.8 Å². The predicted molar refractivity (Wildman–Crippen MR) is 104 cm³/mol. The molecule has 4 heteroatoms. The van der Waals surface area contributed by atoms with Gasteiger partial charge in [-0.2, -0.15) is 0 Å². The zero-order valence-electron chi connectivity index (χ0n) is 18.5. The van der Waals surface area contributed by atoms with Crippen LogP contribution in [0.1, 0.15) is 91.4 Å². The molecule has 0 aromatic rings. The van der Waals surface area contributed by atoms with E-state index in [4.69, 9.17) is 0 Å². The number of carboxylic acids is 1. The second-order valence-electron chi connectivity index (χ2n) is 11.0. The molecule has 152 valence electrons. The quantitative estimate of drug-likeness (QED) is 0.675. The maximum absolute atomic E-state index is 13.3. The van der Waals surface area contributed by atoms with E-state index in [1.807, 2.05) is 0 Å². The normalized spacial score (nSPS) is 46.0. The molecule has 4 aliphatic carbocycles. The predicted octanol–water partition coefficient (Wildman–Crippen LogP) is 1.38. The Morgan fingerprint density at radius 1 is 1.07 bits per heavy atom. The molecule has 1 unspecified atom stereocenters. The van der Waals surface area contributed by atoms with Crippen molar-refractivity contribution in [2.75, 3.05) is 0 Å². The summed E-state index contributed by atoms with van der Waals surface area (Å²) in [5.41, 5.74) is 0.608. The van der Waals surface area contributed by atoms with Crippen LogP contribution >= 0.6 is 0 Å². The fourth-order valence-corrected chi connectivity index (χ4v) is 8.48. The van der Waals surface area contributed by atoms with Gasteiger partial charge in [-0.15, -0.1) is 0 Å². The van der Waals surface area contributed by atoms with Gasteiger partial charge in [-0.05, 0) is 91.8 Å². The summed E-state index contributed by atoms with van der Waals surface area (Å²) in [6, 6.07) is 0. The largest absolute Gasteiger partial charge is 1.00 e. The van der Waals surface area contributed by atoms with E-state index in [0.29, 0.717) is 40.8 Å². The molecule has 0 saturated heterocycles. The number of aliphatic carboxylic acids is 1. The molecule has 8 atom stereocenters. The third-order valence-corrected chi connectivity index (χ3v) is 9.95. The first kappa shape index (κ1) is 22.8. The topological polar surface area (TPSA) is 57.2 Å². The van der Waals surface area contributed by atoms with Crippen molar-refractivity contribution in [3.63, 3.8) is 0 Å². The summed E-state index contributed by atoms with van der Waals surface area (Å²) in [7, 11) is 0. The zero-order valence-corrected chi connectivity index (χ0v) is 20.5. The average molecular weight is 397 g/mol. The van der Waals surface area contributed by atoms with Crippen molar-refractivity contribution in [2.45, 2.75) is 91.4 Å². The molecular weight excluding hydrogens is 359 g/mol. The van der Waals surface area contributed by atoms with Gasteiger partial charge >= 0.3 is 29.6 Å². The number of hydrogen-bond donors (Lipinski definition) is 0. The first-order valence-electron chi connectivity index (χ1n) is 11.5. The van der Waals surface area contributed by atoms with Crippen LogP contribution in [0.25, 0.3) is 0 Å². The van der Waals surface area contributed by atoms with Crippen molar-refractivity contribution in [2.24, 2.45) is 46.3 Å². The van der Waals surface area contributed by atoms with Gasteiger partial charge in [0.25, 0.3) is 0 Å². The third kappa shape index (κ3) is 3.56. The number of ketones is 1. The van der Waals surface area contributed by atoms with E-state index in [-0.39, 0.29) is 47.3 Å². The van der Waals surface area contributed by atoms with Crippen molar-refractivity contribution < 1.29 is 44.3 Å². The second-order valence-corrected chi connectivity index (χ2v) is 11.0. The summed E-state index contributed by atoms with van der Waals surface area (Å²) in [4.78, 5) is 24.2. The first-order valence-corrected chi connectivity index (χ1v) is 11.5. The van der Waals surface area contributed by atoms with Crippen LogP contribution in [-0.2, 0) is 9.59 Å². The number of rotatable bonds is 4. The molecule has 0 aromatic carbocycles. The fourth-order valence-electron chi connectivity index (χ4n) is 8.48. The Labute approximate surface area is 193 Å². The summed E-state index contributed by atoms with van der Waals surface area (Å²) in [5.74, 6) is 2.65. The molecule has 0 amide bonds. The minimum absolute atomic E-state index is 0. The number of carboxylic acid groups (broad SMARTS) is 1. The van der Waals surface area contributed by atoms with E-state index in [1.165, 1.54) is 51.4 Å². The minimum atomic E-state index is -0.927. The molecule has 28 heavy (non-hydrogen) atoms. The van der Waals surface area contributed by atoms with Crippen LogP contribution in [0.2, 0.25) is 0 Å². The number of Topliss-reactive ketones (excluding diaryl/α,β-unsaturated/α-hetero) is 1. The van der Waals surface area contributed by atoms with Crippen LogP contribution in [0.3, 0.4) is 0 Å². The molecule has 0 aliphatic heterocycles. The molecule has 0 spiro atoms. The molecule has 4 fully saturated rings. The fraction of sp³-hybridized carbons (Fsp3) is 0.917. The monoisotopic (exact) mass is 396 g/mol. The average Bonchev–Trinajstić information content (AvgIpc) is 2.97. The first-order chi connectivity index (χ1) is 12.8. The van der Waals surface area contributed by atoms with Crippen molar-refractivity contribution in [1.82, 2.24) is 0 Å². The smallest absolute Gasteiger partial charge is 0.550 e. The van der Waals surface area contributed by atoms with Crippen LogP contribution < -0.4 is 34.7 Å². The van der Waals surface area contributed by atoms with E-state index in [2.05, 4.69) is 20.8 Å². The number of carbonyl (C=O) groups is 2. The zero-order chi connectivity index (χ0) is 19.4. The van der Waals surface area contributed by atoms with Gasteiger partial charge in [-0.3, -0.25) is 4.79 Å². The Bertz CT molecular complexity index is 619. The van der Waals surface area contributed by atoms with Gasteiger partial charge < -0.3 is 9.90 Å². The summed E-state index contributed by atoms with van der Waals surface area (Å²) >= 11 is 0. The van der Waals surface area contributed by atoms with Crippen molar-refractivity contribution in [3.05, 3.63) is 0 Å². The maximum Gasteiger partial charge on any atom is 1.00 e. The van der Waals surface area contributed by atoms with Gasteiger partial charge in [0.2, 0.25) is 0 Å². The minimum Gasteiger partial charge on any atom is -0.550 e. The van der Waals surface area contributed by atoms with Gasteiger partial charge in [0.15, 0.2) is 0 Å². The summed E-state index contributed by atoms with van der Waals surface area (Å²) in [6.45, 7) is 7.18. The molecule has 0 heterocycles. The van der Waals surface area contributed by atoms with Gasteiger partial charge in [0.1, 0.15) is 5.78 Å². The van der Waals surface area contributed by atoms with Gasteiger partial charge in [-0.1, -0.05) is 33.6 Å². The van der Waals surface area contributed by atoms with Crippen LogP contribution in [0.5, 0.6) is 0 Å². The molecule has 4 saturated carbocycles. The third-order valence-electron chi connectivity index (χ3n) is 9.95. The van der Waals surface area contributed by atoms with E-state index < -0.39 is 5.97 Å². The molecule has 4 rings (SSSR count). The Morgan fingerprint density at radius 2 is 1.79 bits per heavy atom. The molecule has 4 aliphatic rings. The van der Waals surface area contributed by atoms with Crippen LogP contribution in [0, 0.1) is 46.3 Å². The van der Waals surface area contributed by atoms with Crippen molar-refractivity contribution in [1.29, 1.82) is 0 Å². The van der Waals surface area contributed by atoms with E-state index in [9.17, 15) is 14.7 Å². The molecule has 0 radical (unpaired) electrons. The molecule has 3 nitrogen and oxygen atoms in total. The van der Waals surface area contributed by atoms with Gasteiger partial charge in [0, 0.05) is 18.3 Å². The van der Waals surface area contributed by atoms with E-state index in [1.54, 1.807) is 0 Å². The van der Waals surface area contributed by atoms with Crippen LogP contribution in [0.15, 0.2) is 0 Å². The molecule has 0 N–H and O–H groups in total. The van der Waals surface area contributed by atoms with Crippen LogP contribution in [-0.4, -0.2) is 11.8 Å². The molecule has 0 aromatic heterocycles. The Kier molecular flexibility index (Phi) is 6.80. The number of fused-ring (bicyclic) bond motifs is 5. The van der Waals surface area contributed by atoms with Gasteiger partial charge in [-0.25, -0.2) is 0 Å². The van der Waals surface area contributed by atoms with Crippen LogP contribution in [0.4, 0.5) is 0 Å². The van der Waals surface area contributed by atoms with Crippen molar-refractivity contribution in [3.8, 4) is 0 Å². The second kappa shape index (κ2) is 8.35. The summed E-state index contributed by atoms with van der Waals surface area (Å²) in [6.07, 6.45) is 11.7. The Morgan fingerprint density at radius 3 is 2.50 bits per heavy atom. The Balaban J connectivity index is 0.00000225. The molecule has 0 bridgehead atoms. The summed E-state index contributed by atoms with van der Waals surface area (Å²) < 4.78 is 0. The van der Waals surface area contributed by atoms with E-state index in [0.717, 1.165) is 12.8 Å².